The summed E-state index contributed by atoms with van der Waals surface area (Å²) >= 11 is 0. The molecule has 0 aromatic carbocycles. The number of ether oxygens (including phenoxy) is 1. The standard InChI is InChI=1S/C18H36N2O2/c1-12(2)16(11-19-17(21)22-18(5,6)7)20-15-9-8-13(3)10-14(15)4/h12-16,20H,8-11H2,1-7H3,(H,19,21). The molecule has 0 aromatic rings. The molecule has 0 radical (unpaired) electrons. The molecule has 0 aromatic heterocycles. The van der Waals surface area contributed by atoms with Crippen LogP contribution in [0.4, 0.5) is 4.79 Å². The second kappa shape index (κ2) is 8.19. The van der Waals surface area contributed by atoms with Crippen molar-refractivity contribution in [1.29, 1.82) is 0 Å². The molecular formula is C18H36N2O2. The third-order valence-corrected chi connectivity index (χ3v) is 4.53. The number of carbonyl (C=O) groups excluding carboxylic acids is 1. The summed E-state index contributed by atoms with van der Waals surface area (Å²) in [7, 11) is 0. The molecule has 1 amide bonds. The van der Waals surface area contributed by atoms with Gasteiger partial charge in [-0.25, -0.2) is 4.79 Å². The predicted molar refractivity (Wildman–Crippen MR) is 92.0 cm³/mol. The molecule has 1 rings (SSSR count). The van der Waals surface area contributed by atoms with Gasteiger partial charge in [0.1, 0.15) is 5.60 Å². The lowest BCUT2D eigenvalue weighted by atomic mass is 9.79. The summed E-state index contributed by atoms with van der Waals surface area (Å²) in [4.78, 5) is 11.8. The molecule has 1 fully saturated rings. The molecule has 4 heteroatoms. The van der Waals surface area contributed by atoms with Gasteiger partial charge < -0.3 is 15.4 Å². The van der Waals surface area contributed by atoms with Crippen LogP contribution >= 0.6 is 0 Å². The van der Waals surface area contributed by atoms with E-state index >= 15 is 0 Å². The van der Waals surface area contributed by atoms with Crippen LogP contribution in [0.3, 0.4) is 0 Å². The van der Waals surface area contributed by atoms with Crippen molar-refractivity contribution in [1.82, 2.24) is 10.6 Å². The molecule has 22 heavy (non-hydrogen) atoms. The summed E-state index contributed by atoms with van der Waals surface area (Å²) in [6.07, 6.45) is 3.50. The smallest absolute Gasteiger partial charge is 0.407 e. The van der Waals surface area contributed by atoms with E-state index in [4.69, 9.17) is 4.74 Å². The summed E-state index contributed by atoms with van der Waals surface area (Å²) in [5, 5.41) is 6.68. The van der Waals surface area contributed by atoms with Gasteiger partial charge >= 0.3 is 6.09 Å². The van der Waals surface area contributed by atoms with Gasteiger partial charge in [-0.15, -0.1) is 0 Å². The molecule has 0 spiro atoms. The summed E-state index contributed by atoms with van der Waals surface area (Å²) < 4.78 is 5.32. The van der Waals surface area contributed by atoms with Crippen LogP contribution in [0.2, 0.25) is 0 Å². The van der Waals surface area contributed by atoms with Crippen LogP contribution in [0, 0.1) is 17.8 Å². The molecule has 130 valence electrons. The van der Waals surface area contributed by atoms with Crippen LogP contribution in [0.1, 0.15) is 67.7 Å². The number of amides is 1. The van der Waals surface area contributed by atoms with Crippen LogP contribution < -0.4 is 10.6 Å². The second-order valence-corrected chi connectivity index (χ2v) is 8.40. The fourth-order valence-electron chi connectivity index (χ4n) is 3.18. The van der Waals surface area contributed by atoms with Crippen LogP contribution in [-0.2, 0) is 4.74 Å². The summed E-state index contributed by atoms with van der Waals surface area (Å²) in [5.74, 6) is 2.01. The Morgan fingerprint density at radius 3 is 2.36 bits per heavy atom. The Kier molecular flexibility index (Phi) is 7.17. The molecule has 4 unspecified atom stereocenters. The minimum atomic E-state index is -0.446. The molecule has 2 N–H and O–H groups in total. The molecule has 4 atom stereocenters. The molecule has 0 heterocycles. The quantitative estimate of drug-likeness (QED) is 0.808. The Morgan fingerprint density at radius 2 is 1.86 bits per heavy atom. The first-order valence-corrected chi connectivity index (χ1v) is 8.81. The van der Waals surface area contributed by atoms with Crippen molar-refractivity contribution in [3.63, 3.8) is 0 Å². The molecule has 0 saturated heterocycles. The topological polar surface area (TPSA) is 50.4 Å². The average Bonchev–Trinajstić information content (AvgIpc) is 2.34. The maximum atomic E-state index is 11.8. The van der Waals surface area contributed by atoms with Gasteiger partial charge in [-0.3, -0.25) is 0 Å². The third kappa shape index (κ3) is 6.99. The third-order valence-electron chi connectivity index (χ3n) is 4.53. The summed E-state index contributed by atoms with van der Waals surface area (Å²) in [6.45, 7) is 15.4. The monoisotopic (exact) mass is 312 g/mol. The Balaban J connectivity index is 2.47. The van der Waals surface area contributed by atoms with Crippen LogP contribution in [0.25, 0.3) is 0 Å². The Labute approximate surface area is 136 Å². The van der Waals surface area contributed by atoms with Crippen molar-refractivity contribution >= 4 is 6.09 Å². The van der Waals surface area contributed by atoms with E-state index in [9.17, 15) is 4.79 Å². The van der Waals surface area contributed by atoms with Crippen molar-refractivity contribution in [2.24, 2.45) is 17.8 Å². The van der Waals surface area contributed by atoms with Crippen molar-refractivity contribution in [3.8, 4) is 0 Å². The minimum Gasteiger partial charge on any atom is -0.444 e. The van der Waals surface area contributed by atoms with Crippen LogP contribution in [0.15, 0.2) is 0 Å². The van der Waals surface area contributed by atoms with Gasteiger partial charge in [-0.05, 0) is 57.8 Å². The lowest BCUT2D eigenvalue weighted by molar-refractivity contribution is 0.0516. The van der Waals surface area contributed by atoms with E-state index in [1.807, 2.05) is 20.8 Å². The number of carbonyl (C=O) groups is 1. The van der Waals surface area contributed by atoms with E-state index in [-0.39, 0.29) is 12.1 Å². The van der Waals surface area contributed by atoms with Crippen LogP contribution in [-0.4, -0.2) is 30.3 Å². The molecule has 1 aliphatic rings. The highest BCUT2D eigenvalue weighted by Gasteiger charge is 2.28. The van der Waals surface area contributed by atoms with Gasteiger partial charge in [-0.2, -0.15) is 0 Å². The Bertz CT molecular complexity index is 349. The molecular weight excluding hydrogens is 276 g/mol. The zero-order chi connectivity index (χ0) is 16.9. The molecule has 0 bridgehead atoms. The number of alkyl carbamates (subject to hydrolysis) is 1. The van der Waals surface area contributed by atoms with Gasteiger partial charge in [0.05, 0.1) is 0 Å². The van der Waals surface area contributed by atoms with E-state index in [0.29, 0.717) is 24.4 Å². The van der Waals surface area contributed by atoms with Gasteiger partial charge in [0.2, 0.25) is 0 Å². The summed E-state index contributed by atoms with van der Waals surface area (Å²) in [5.41, 5.74) is -0.446. The van der Waals surface area contributed by atoms with Crippen molar-refractivity contribution in [2.75, 3.05) is 6.54 Å². The van der Waals surface area contributed by atoms with E-state index in [1.54, 1.807) is 0 Å². The van der Waals surface area contributed by atoms with Crippen molar-refractivity contribution in [2.45, 2.75) is 85.4 Å². The average molecular weight is 312 g/mol. The molecule has 4 nitrogen and oxygen atoms in total. The zero-order valence-electron chi connectivity index (χ0n) is 15.5. The van der Waals surface area contributed by atoms with Crippen molar-refractivity contribution in [3.05, 3.63) is 0 Å². The summed E-state index contributed by atoms with van der Waals surface area (Å²) in [6, 6.07) is 0.845. The number of hydrogen-bond donors (Lipinski definition) is 2. The maximum absolute atomic E-state index is 11.8. The SMILES string of the molecule is CC1CCC(NC(CNC(=O)OC(C)(C)C)C(C)C)C(C)C1. The Hall–Kier alpha value is -0.770. The normalized spacial score (nSPS) is 27.5. The van der Waals surface area contributed by atoms with Gasteiger partial charge in [0, 0.05) is 18.6 Å². The first-order chi connectivity index (χ1) is 10.1. The van der Waals surface area contributed by atoms with E-state index < -0.39 is 5.60 Å². The van der Waals surface area contributed by atoms with E-state index in [1.165, 1.54) is 19.3 Å². The first-order valence-electron chi connectivity index (χ1n) is 8.81. The highest BCUT2D eigenvalue weighted by atomic mass is 16.6. The number of nitrogens with one attached hydrogen (secondary N) is 2. The lowest BCUT2D eigenvalue weighted by Gasteiger charge is -2.37. The number of hydrogen-bond acceptors (Lipinski definition) is 3. The van der Waals surface area contributed by atoms with E-state index in [0.717, 1.165) is 5.92 Å². The maximum Gasteiger partial charge on any atom is 0.407 e. The predicted octanol–water partition coefficient (Wildman–Crippen LogP) is 3.95. The largest absolute Gasteiger partial charge is 0.444 e. The van der Waals surface area contributed by atoms with E-state index in [2.05, 4.69) is 38.3 Å². The second-order valence-electron chi connectivity index (χ2n) is 8.40. The highest BCUT2D eigenvalue weighted by molar-refractivity contribution is 5.67. The molecule has 1 aliphatic carbocycles. The highest BCUT2D eigenvalue weighted by Crippen LogP contribution is 2.29. The zero-order valence-corrected chi connectivity index (χ0v) is 15.5. The fourth-order valence-corrected chi connectivity index (χ4v) is 3.18. The number of rotatable bonds is 5. The fraction of sp³-hybridized carbons (Fsp3) is 0.944. The van der Waals surface area contributed by atoms with Gasteiger partial charge in [-0.1, -0.05) is 27.7 Å². The molecule has 1 saturated carbocycles. The van der Waals surface area contributed by atoms with Gasteiger partial charge in [0.25, 0.3) is 0 Å². The first kappa shape index (κ1) is 19.3. The minimum absolute atomic E-state index is 0.286. The van der Waals surface area contributed by atoms with Crippen molar-refractivity contribution < 1.29 is 9.53 Å². The Morgan fingerprint density at radius 1 is 1.23 bits per heavy atom. The molecule has 0 aliphatic heterocycles. The van der Waals surface area contributed by atoms with Gasteiger partial charge in [0.15, 0.2) is 0 Å². The lowest BCUT2D eigenvalue weighted by Crippen LogP contribution is -2.51. The van der Waals surface area contributed by atoms with Crippen LogP contribution in [0.5, 0.6) is 0 Å².